The zero-order chi connectivity index (χ0) is 13.1. The molecular weight excluding hydrogens is 258 g/mol. The Bertz CT molecular complexity index is 654. The number of ether oxygens (including phenoxy) is 1. The Labute approximate surface area is 106 Å². The topological polar surface area (TPSA) is 98.1 Å². The lowest BCUT2D eigenvalue weighted by molar-refractivity contribution is 0.0998. The van der Waals surface area contributed by atoms with E-state index in [2.05, 4.69) is 9.97 Å². The maximum Gasteiger partial charge on any atom is 0.273 e. The number of nitrogens with zero attached hydrogens (tertiary/aromatic N) is 1. The second-order valence-corrected chi connectivity index (χ2v) is 3.69. The van der Waals surface area contributed by atoms with Crippen LogP contribution in [-0.2, 0) is 0 Å². The molecule has 1 aromatic carbocycles. The van der Waals surface area contributed by atoms with Crippen LogP contribution < -0.4 is 16.0 Å². The third-order valence-electron chi connectivity index (χ3n) is 2.12. The van der Waals surface area contributed by atoms with Gasteiger partial charge in [-0.15, -0.1) is 0 Å². The molecule has 7 heteroatoms. The number of para-hydroxylation sites is 1. The average molecular weight is 266 g/mol. The maximum absolute atomic E-state index is 11.2. The van der Waals surface area contributed by atoms with Gasteiger partial charge in [0.15, 0.2) is 5.02 Å². The van der Waals surface area contributed by atoms with Gasteiger partial charge in [0, 0.05) is 0 Å². The highest BCUT2D eigenvalue weighted by Crippen LogP contribution is 2.26. The highest BCUT2D eigenvalue weighted by molar-refractivity contribution is 6.31. The lowest BCUT2D eigenvalue weighted by Crippen LogP contribution is -2.13. The van der Waals surface area contributed by atoms with Crippen LogP contribution in [0.25, 0.3) is 0 Å². The highest BCUT2D eigenvalue weighted by Gasteiger charge is 2.13. The van der Waals surface area contributed by atoms with Crippen molar-refractivity contribution >= 4 is 17.5 Å². The van der Waals surface area contributed by atoms with Crippen LogP contribution in [0.2, 0.25) is 5.02 Å². The molecule has 0 aliphatic rings. The minimum absolute atomic E-state index is 0.0888. The number of carbonyl (C=O) groups is 1. The van der Waals surface area contributed by atoms with E-state index in [0.717, 1.165) is 6.33 Å². The van der Waals surface area contributed by atoms with Crippen LogP contribution in [0.4, 0.5) is 0 Å². The summed E-state index contributed by atoms with van der Waals surface area (Å²) in [4.78, 5) is 28.5. The van der Waals surface area contributed by atoms with E-state index in [-0.39, 0.29) is 22.2 Å². The Hall–Kier alpha value is -2.34. The number of aromatic amines is 1. The molecule has 0 radical (unpaired) electrons. The molecule has 0 spiro atoms. The predicted octanol–water partition coefficient (Wildman–Crippen LogP) is 1.31. The van der Waals surface area contributed by atoms with Gasteiger partial charge in [-0.3, -0.25) is 9.59 Å². The quantitative estimate of drug-likeness (QED) is 0.874. The Morgan fingerprint density at radius 3 is 2.83 bits per heavy atom. The van der Waals surface area contributed by atoms with Gasteiger partial charge in [0.1, 0.15) is 5.75 Å². The summed E-state index contributed by atoms with van der Waals surface area (Å²) in [6.07, 6.45) is 1.15. The summed E-state index contributed by atoms with van der Waals surface area (Å²) < 4.78 is 5.32. The van der Waals surface area contributed by atoms with Gasteiger partial charge in [0.2, 0.25) is 5.88 Å². The zero-order valence-electron chi connectivity index (χ0n) is 9.01. The Balaban J connectivity index is 2.43. The number of hydrogen-bond acceptors (Lipinski definition) is 4. The van der Waals surface area contributed by atoms with Crippen molar-refractivity contribution in [3.05, 3.63) is 51.5 Å². The van der Waals surface area contributed by atoms with Gasteiger partial charge in [0.25, 0.3) is 11.5 Å². The summed E-state index contributed by atoms with van der Waals surface area (Å²) in [5, 5.41) is -0.197. The number of hydrogen-bond donors (Lipinski definition) is 2. The molecule has 2 aromatic rings. The van der Waals surface area contributed by atoms with Crippen molar-refractivity contribution in [1.29, 1.82) is 0 Å². The summed E-state index contributed by atoms with van der Waals surface area (Å²) in [5.41, 5.74) is 4.84. The van der Waals surface area contributed by atoms with E-state index in [1.807, 2.05) is 0 Å². The van der Waals surface area contributed by atoms with Crippen LogP contribution in [0, 0.1) is 0 Å². The van der Waals surface area contributed by atoms with Crippen LogP contribution in [0.3, 0.4) is 0 Å². The minimum atomic E-state index is -0.647. The lowest BCUT2D eigenvalue weighted by Gasteiger charge is -2.08. The van der Waals surface area contributed by atoms with Crippen molar-refractivity contribution in [1.82, 2.24) is 9.97 Å². The molecule has 1 aromatic heterocycles. The smallest absolute Gasteiger partial charge is 0.273 e. The van der Waals surface area contributed by atoms with Gasteiger partial charge in [0.05, 0.1) is 11.9 Å². The van der Waals surface area contributed by atoms with Gasteiger partial charge in [-0.1, -0.05) is 23.7 Å². The standard InChI is InChI=1S/C11H8ClN3O3/c12-8-10(17)14-5-15-11(8)18-7-4-2-1-3-6(7)9(13)16/h1-5H,(H2,13,16)(H,14,15,17). The van der Waals surface area contributed by atoms with Gasteiger partial charge in [-0.25, -0.2) is 4.98 Å². The Morgan fingerprint density at radius 2 is 2.11 bits per heavy atom. The summed E-state index contributed by atoms with van der Waals surface area (Å²) in [7, 11) is 0. The number of benzene rings is 1. The molecular formula is C11H8ClN3O3. The van der Waals surface area contributed by atoms with Crippen molar-refractivity contribution in [2.75, 3.05) is 0 Å². The highest BCUT2D eigenvalue weighted by atomic mass is 35.5. The minimum Gasteiger partial charge on any atom is -0.436 e. The molecule has 0 fully saturated rings. The second kappa shape index (κ2) is 4.89. The number of halogens is 1. The van der Waals surface area contributed by atoms with Crippen molar-refractivity contribution < 1.29 is 9.53 Å². The lowest BCUT2D eigenvalue weighted by atomic mass is 10.2. The molecule has 0 bridgehead atoms. The second-order valence-electron chi connectivity index (χ2n) is 3.31. The molecule has 1 amide bonds. The molecule has 2 rings (SSSR count). The number of aromatic nitrogens is 2. The summed E-state index contributed by atoms with van der Waals surface area (Å²) >= 11 is 5.73. The predicted molar refractivity (Wildman–Crippen MR) is 64.9 cm³/mol. The number of primary amides is 1. The summed E-state index contributed by atoms with van der Waals surface area (Å²) in [6.45, 7) is 0. The number of rotatable bonds is 3. The zero-order valence-corrected chi connectivity index (χ0v) is 9.77. The van der Waals surface area contributed by atoms with Crippen molar-refractivity contribution in [3.63, 3.8) is 0 Å². The van der Waals surface area contributed by atoms with Gasteiger partial charge in [-0.2, -0.15) is 0 Å². The van der Waals surface area contributed by atoms with Crippen molar-refractivity contribution in [2.24, 2.45) is 5.73 Å². The fourth-order valence-electron chi connectivity index (χ4n) is 1.30. The Kier molecular flexibility index (Phi) is 3.29. The number of nitrogens with one attached hydrogen (secondary N) is 1. The first-order valence-corrected chi connectivity index (χ1v) is 5.27. The number of H-pyrrole nitrogens is 1. The molecule has 6 nitrogen and oxygen atoms in total. The molecule has 0 aliphatic carbocycles. The van der Waals surface area contributed by atoms with E-state index in [1.165, 1.54) is 12.1 Å². The molecule has 0 unspecified atom stereocenters. The van der Waals surface area contributed by atoms with Gasteiger partial charge in [-0.05, 0) is 12.1 Å². The largest absolute Gasteiger partial charge is 0.436 e. The SMILES string of the molecule is NC(=O)c1ccccc1Oc1nc[nH]c(=O)c1Cl. The van der Waals surface area contributed by atoms with Crippen molar-refractivity contribution in [3.8, 4) is 11.6 Å². The van der Waals surface area contributed by atoms with Crippen molar-refractivity contribution in [2.45, 2.75) is 0 Å². The Morgan fingerprint density at radius 1 is 1.39 bits per heavy atom. The monoisotopic (exact) mass is 265 g/mol. The fraction of sp³-hybridized carbons (Fsp3) is 0. The average Bonchev–Trinajstić information content (AvgIpc) is 2.35. The number of carbonyl (C=O) groups excluding carboxylic acids is 1. The molecule has 0 atom stereocenters. The van der Waals surface area contributed by atoms with E-state index in [9.17, 15) is 9.59 Å². The van der Waals surface area contributed by atoms with E-state index < -0.39 is 11.5 Å². The molecule has 0 saturated carbocycles. The molecule has 0 saturated heterocycles. The van der Waals surface area contributed by atoms with Crippen LogP contribution >= 0.6 is 11.6 Å². The number of amides is 1. The van der Waals surface area contributed by atoms with E-state index in [4.69, 9.17) is 22.1 Å². The third-order valence-corrected chi connectivity index (χ3v) is 2.46. The molecule has 0 aliphatic heterocycles. The first-order chi connectivity index (χ1) is 8.59. The van der Waals surface area contributed by atoms with Crippen LogP contribution in [-0.4, -0.2) is 15.9 Å². The van der Waals surface area contributed by atoms with Gasteiger partial charge >= 0.3 is 0 Å². The van der Waals surface area contributed by atoms with E-state index in [1.54, 1.807) is 12.1 Å². The number of nitrogens with two attached hydrogens (primary N) is 1. The van der Waals surface area contributed by atoms with E-state index >= 15 is 0 Å². The first kappa shape index (κ1) is 12.1. The first-order valence-electron chi connectivity index (χ1n) is 4.89. The van der Waals surface area contributed by atoms with Gasteiger partial charge < -0.3 is 15.5 Å². The van der Waals surface area contributed by atoms with Crippen LogP contribution in [0.1, 0.15) is 10.4 Å². The third kappa shape index (κ3) is 2.33. The van der Waals surface area contributed by atoms with Crippen LogP contribution in [0.15, 0.2) is 35.4 Å². The summed E-state index contributed by atoms with van der Waals surface area (Å²) in [6, 6.07) is 6.32. The van der Waals surface area contributed by atoms with E-state index in [0.29, 0.717) is 0 Å². The molecule has 18 heavy (non-hydrogen) atoms. The van der Waals surface area contributed by atoms with Crippen LogP contribution in [0.5, 0.6) is 11.6 Å². The fourth-order valence-corrected chi connectivity index (χ4v) is 1.44. The summed E-state index contributed by atoms with van der Waals surface area (Å²) in [5.74, 6) is -0.550. The maximum atomic E-state index is 11.2. The molecule has 1 heterocycles. The molecule has 92 valence electrons. The molecule has 3 N–H and O–H groups in total. The normalized spacial score (nSPS) is 10.1.